The third-order valence-corrected chi connectivity index (χ3v) is 5.47. The summed E-state index contributed by atoms with van der Waals surface area (Å²) in [5, 5.41) is 5.37. The highest BCUT2D eigenvalue weighted by Crippen LogP contribution is 2.20. The topological polar surface area (TPSA) is 95.6 Å². The van der Waals surface area contributed by atoms with E-state index in [1.165, 1.54) is 20.0 Å². The Hall–Kier alpha value is -2.87. The van der Waals surface area contributed by atoms with Crippen LogP contribution < -0.4 is 14.9 Å². The molecule has 26 heavy (non-hydrogen) atoms. The molecule has 0 saturated heterocycles. The van der Waals surface area contributed by atoms with Gasteiger partial charge in [-0.2, -0.15) is 0 Å². The standard InChI is InChI=1S/C18H21N3O4S/c1-4-26(24,25)21(3)17-10-5-7-14(11-17)18(23)20-16-9-6-8-15(12-16)19-13(2)22/h5-12H,4H2,1-3H3,(H,19,22)(H,20,23). The van der Waals surface area contributed by atoms with Gasteiger partial charge < -0.3 is 10.6 Å². The molecular formula is C18H21N3O4S. The first-order valence-electron chi connectivity index (χ1n) is 7.98. The minimum absolute atomic E-state index is 0.0319. The summed E-state index contributed by atoms with van der Waals surface area (Å²) in [6.45, 7) is 2.96. The summed E-state index contributed by atoms with van der Waals surface area (Å²) in [5.41, 5.74) is 1.82. The zero-order valence-corrected chi connectivity index (χ0v) is 15.6. The number of hydrogen-bond donors (Lipinski definition) is 2. The molecule has 0 spiro atoms. The van der Waals surface area contributed by atoms with Crippen molar-refractivity contribution in [2.24, 2.45) is 0 Å². The summed E-state index contributed by atoms with van der Waals surface area (Å²) in [7, 11) is -1.96. The van der Waals surface area contributed by atoms with Crippen LogP contribution in [0, 0.1) is 0 Å². The Kier molecular flexibility index (Phi) is 5.99. The van der Waals surface area contributed by atoms with E-state index in [0.717, 1.165) is 4.31 Å². The van der Waals surface area contributed by atoms with E-state index >= 15 is 0 Å². The number of benzene rings is 2. The molecule has 2 N–H and O–H groups in total. The molecule has 2 amide bonds. The van der Waals surface area contributed by atoms with Gasteiger partial charge in [-0.25, -0.2) is 8.42 Å². The third-order valence-electron chi connectivity index (χ3n) is 3.69. The number of amides is 2. The maximum absolute atomic E-state index is 12.5. The second kappa shape index (κ2) is 8.01. The molecule has 7 nitrogen and oxygen atoms in total. The van der Waals surface area contributed by atoms with E-state index < -0.39 is 10.0 Å². The van der Waals surface area contributed by atoms with Crippen LogP contribution in [0.15, 0.2) is 48.5 Å². The second-order valence-corrected chi connectivity index (χ2v) is 7.92. The second-order valence-electron chi connectivity index (χ2n) is 5.63. The fraction of sp³-hybridized carbons (Fsp3) is 0.222. The maximum Gasteiger partial charge on any atom is 0.255 e. The van der Waals surface area contributed by atoms with Crippen molar-refractivity contribution in [3.63, 3.8) is 0 Å². The van der Waals surface area contributed by atoms with Crippen molar-refractivity contribution in [2.75, 3.05) is 27.7 Å². The predicted molar refractivity (Wildman–Crippen MR) is 103 cm³/mol. The highest BCUT2D eigenvalue weighted by molar-refractivity contribution is 7.92. The largest absolute Gasteiger partial charge is 0.326 e. The molecule has 0 fully saturated rings. The van der Waals surface area contributed by atoms with Gasteiger partial charge in [-0.15, -0.1) is 0 Å². The van der Waals surface area contributed by atoms with Crippen LogP contribution in [0.25, 0.3) is 0 Å². The van der Waals surface area contributed by atoms with Crippen molar-refractivity contribution in [1.29, 1.82) is 0 Å². The first-order chi connectivity index (χ1) is 12.2. The quantitative estimate of drug-likeness (QED) is 0.811. The lowest BCUT2D eigenvalue weighted by molar-refractivity contribution is -0.114. The average Bonchev–Trinajstić information content (AvgIpc) is 2.61. The first kappa shape index (κ1) is 19.5. The van der Waals surface area contributed by atoms with Crippen LogP contribution in [-0.2, 0) is 14.8 Å². The van der Waals surface area contributed by atoms with E-state index in [2.05, 4.69) is 10.6 Å². The molecule has 0 aliphatic rings. The van der Waals surface area contributed by atoms with Gasteiger partial charge in [0.05, 0.1) is 11.4 Å². The van der Waals surface area contributed by atoms with E-state index in [1.54, 1.807) is 49.4 Å². The Balaban J connectivity index is 2.21. The number of sulfonamides is 1. The number of nitrogens with zero attached hydrogens (tertiary/aromatic N) is 1. The maximum atomic E-state index is 12.5. The van der Waals surface area contributed by atoms with E-state index in [-0.39, 0.29) is 17.6 Å². The summed E-state index contributed by atoms with van der Waals surface area (Å²) < 4.78 is 25.1. The molecule has 0 radical (unpaired) electrons. The summed E-state index contributed by atoms with van der Waals surface area (Å²) in [6, 6.07) is 13.1. The van der Waals surface area contributed by atoms with Crippen molar-refractivity contribution in [3.8, 4) is 0 Å². The summed E-state index contributed by atoms with van der Waals surface area (Å²) in [6.07, 6.45) is 0. The van der Waals surface area contributed by atoms with Gasteiger partial charge in [-0.05, 0) is 43.3 Å². The lowest BCUT2D eigenvalue weighted by Gasteiger charge is -2.19. The molecule has 2 aromatic rings. The SMILES string of the molecule is CCS(=O)(=O)N(C)c1cccc(C(=O)Nc2cccc(NC(C)=O)c2)c1. The van der Waals surface area contributed by atoms with Crippen LogP contribution in [0.5, 0.6) is 0 Å². The molecule has 0 heterocycles. The molecule has 0 aliphatic heterocycles. The molecule has 0 saturated carbocycles. The third kappa shape index (κ3) is 4.82. The Morgan fingerprint density at radius 1 is 1.00 bits per heavy atom. The van der Waals surface area contributed by atoms with Crippen molar-refractivity contribution in [1.82, 2.24) is 0 Å². The van der Waals surface area contributed by atoms with Crippen LogP contribution in [0.4, 0.5) is 17.1 Å². The van der Waals surface area contributed by atoms with E-state index in [4.69, 9.17) is 0 Å². The number of rotatable bonds is 6. The number of carbonyl (C=O) groups is 2. The van der Waals surface area contributed by atoms with Crippen LogP contribution in [0.1, 0.15) is 24.2 Å². The van der Waals surface area contributed by atoms with Crippen molar-refractivity contribution in [3.05, 3.63) is 54.1 Å². The van der Waals surface area contributed by atoms with E-state index in [0.29, 0.717) is 22.6 Å². The lowest BCUT2D eigenvalue weighted by atomic mass is 10.2. The number of carbonyl (C=O) groups excluding carboxylic acids is 2. The molecule has 2 rings (SSSR count). The van der Waals surface area contributed by atoms with Crippen molar-refractivity contribution in [2.45, 2.75) is 13.8 Å². The van der Waals surface area contributed by atoms with Gasteiger partial charge in [0.2, 0.25) is 15.9 Å². The first-order valence-corrected chi connectivity index (χ1v) is 9.59. The van der Waals surface area contributed by atoms with Crippen LogP contribution in [-0.4, -0.2) is 33.0 Å². The zero-order valence-electron chi connectivity index (χ0n) is 14.8. The monoisotopic (exact) mass is 375 g/mol. The molecular weight excluding hydrogens is 354 g/mol. The minimum Gasteiger partial charge on any atom is -0.326 e. The Labute approximate surface area is 153 Å². The molecule has 8 heteroatoms. The highest BCUT2D eigenvalue weighted by atomic mass is 32.2. The van der Waals surface area contributed by atoms with Crippen LogP contribution in [0.2, 0.25) is 0 Å². The lowest BCUT2D eigenvalue weighted by Crippen LogP contribution is -2.28. The molecule has 0 atom stereocenters. The van der Waals surface area contributed by atoms with Gasteiger partial charge in [0.25, 0.3) is 5.91 Å². The van der Waals surface area contributed by atoms with Gasteiger partial charge in [-0.1, -0.05) is 12.1 Å². The summed E-state index contributed by atoms with van der Waals surface area (Å²) >= 11 is 0. The molecule has 0 unspecified atom stereocenters. The molecule has 138 valence electrons. The van der Waals surface area contributed by atoms with E-state index in [1.807, 2.05) is 0 Å². The Morgan fingerprint density at radius 3 is 2.23 bits per heavy atom. The fourth-order valence-corrected chi connectivity index (χ4v) is 3.10. The van der Waals surface area contributed by atoms with Gasteiger partial charge in [0.15, 0.2) is 0 Å². The number of hydrogen-bond acceptors (Lipinski definition) is 4. The smallest absolute Gasteiger partial charge is 0.255 e. The van der Waals surface area contributed by atoms with Crippen LogP contribution in [0.3, 0.4) is 0 Å². The summed E-state index contributed by atoms with van der Waals surface area (Å²) in [5.74, 6) is -0.619. The van der Waals surface area contributed by atoms with Crippen LogP contribution >= 0.6 is 0 Å². The van der Waals surface area contributed by atoms with Gasteiger partial charge in [-0.3, -0.25) is 13.9 Å². The molecule has 0 aliphatic carbocycles. The Morgan fingerprint density at radius 2 is 1.62 bits per heavy atom. The Bertz CT molecular complexity index is 926. The van der Waals surface area contributed by atoms with Crippen molar-refractivity contribution >= 4 is 38.9 Å². The predicted octanol–water partition coefficient (Wildman–Crippen LogP) is 2.68. The summed E-state index contributed by atoms with van der Waals surface area (Å²) in [4.78, 5) is 23.6. The molecule has 0 bridgehead atoms. The average molecular weight is 375 g/mol. The number of anilines is 3. The van der Waals surface area contributed by atoms with Crippen molar-refractivity contribution < 1.29 is 18.0 Å². The van der Waals surface area contributed by atoms with Gasteiger partial charge >= 0.3 is 0 Å². The normalized spacial score (nSPS) is 10.9. The highest BCUT2D eigenvalue weighted by Gasteiger charge is 2.17. The fourth-order valence-electron chi connectivity index (χ4n) is 2.28. The molecule has 0 aromatic heterocycles. The zero-order chi connectivity index (χ0) is 19.3. The minimum atomic E-state index is -3.41. The number of nitrogens with one attached hydrogen (secondary N) is 2. The van der Waals surface area contributed by atoms with Gasteiger partial charge in [0.1, 0.15) is 0 Å². The van der Waals surface area contributed by atoms with Gasteiger partial charge in [0, 0.05) is 30.9 Å². The molecule has 2 aromatic carbocycles. The van der Waals surface area contributed by atoms with E-state index in [9.17, 15) is 18.0 Å².